The summed E-state index contributed by atoms with van der Waals surface area (Å²) in [5.74, 6) is -0.253. The maximum absolute atomic E-state index is 13.1. The van der Waals surface area contributed by atoms with Crippen LogP contribution in [0.2, 0.25) is 0 Å². The molecule has 0 spiro atoms. The lowest BCUT2D eigenvalue weighted by atomic mass is 9.74. The van der Waals surface area contributed by atoms with Crippen LogP contribution in [0.1, 0.15) is 45.9 Å². The Balaban J connectivity index is 2.58. The molecule has 0 atom stereocenters. The maximum Gasteiger partial charge on any atom is 0.425 e. The van der Waals surface area contributed by atoms with E-state index in [2.05, 4.69) is 15.9 Å². The lowest BCUT2D eigenvalue weighted by molar-refractivity contribution is -0.135. The van der Waals surface area contributed by atoms with E-state index in [1.54, 1.807) is 0 Å². The van der Waals surface area contributed by atoms with Crippen LogP contribution in [0, 0.1) is 5.41 Å². The van der Waals surface area contributed by atoms with Crippen LogP contribution in [-0.4, -0.2) is 11.1 Å². The first-order valence-electron chi connectivity index (χ1n) is 5.96. The Hall–Kier alpha value is -0.360. The molecule has 6 heteroatoms. The summed E-state index contributed by atoms with van der Waals surface area (Å²) in [6.07, 6.45) is -2.60. The number of alkyl halides is 4. The first-order valence-corrected chi connectivity index (χ1v) is 7.90. The van der Waals surface area contributed by atoms with Gasteiger partial charge in [-0.05, 0) is 35.8 Å². The average molecular weight is 355 g/mol. The Labute approximate surface area is 122 Å². The zero-order valence-electron chi connectivity index (χ0n) is 10.7. The van der Waals surface area contributed by atoms with Gasteiger partial charge in [0, 0.05) is 0 Å². The summed E-state index contributed by atoms with van der Waals surface area (Å²) in [5, 5.41) is 0.0701. The molecule has 106 valence electrons. The molecule has 1 aromatic heterocycles. The quantitative estimate of drug-likeness (QED) is 0.547. The fourth-order valence-electron chi connectivity index (χ4n) is 2.50. The van der Waals surface area contributed by atoms with Crippen molar-refractivity contribution in [1.29, 1.82) is 0 Å². The topological polar surface area (TPSA) is 17.1 Å². The van der Waals surface area contributed by atoms with Gasteiger partial charge in [-0.2, -0.15) is 13.2 Å². The second-order valence-corrected chi connectivity index (χ2v) is 7.19. The fourth-order valence-corrected chi connectivity index (χ4v) is 4.13. The summed E-state index contributed by atoms with van der Waals surface area (Å²) in [4.78, 5) is 11.5. The molecule has 0 saturated heterocycles. The van der Waals surface area contributed by atoms with Crippen molar-refractivity contribution in [3.63, 3.8) is 0 Å². The Bertz CT molecular complexity index is 517. The monoisotopic (exact) mass is 354 g/mol. The van der Waals surface area contributed by atoms with Gasteiger partial charge in [0.05, 0.1) is 10.2 Å². The van der Waals surface area contributed by atoms with Gasteiger partial charge in [-0.3, -0.25) is 4.79 Å². The minimum absolute atomic E-state index is 0.0701. The molecule has 0 aliphatic heterocycles. The highest BCUT2D eigenvalue weighted by molar-refractivity contribution is 9.09. The molecule has 0 aromatic carbocycles. The van der Waals surface area contributed by atoms with Gasteiger partial charge >= 0.3 is 6.18 Å². The highest BCUT2D eigenvalue weighted by Crippen LogP contribution is 2.47. The van der Waals surface area contributed by atoms with Crippen LogP contribution in [0.15, 0.2) is 0 Å². The highest BCUT2D eigenvalue weighted by Gasteiger charge is 2.42. The van der Waals surface area contributed by atoms with Crippen molar-refractivity contribution in [2.24, 2.45) is 5.41 Å². The summed E-state index contributed by atoms with van der Waals surface area (Å²) >= 11 is 3.65. The molecule has 1 aliphatic rings. The Kier molecular flexibility index (Phi) is 3.86. The highest BCUT2D eigenvalue weighted by atomic mass is 79.9. The van der Waals surface area contributed by atoms with Gasteiger partial charge in [-0.1, -0.05) is 29.8 Å². The van der Waals surface area contributed by atoms with E-state index in [4.69, 9.17) is 0 Å². The number of ketones is 1. The van der Waals surface area contributed by atoms with Crippen LogP contribution in [0.5, 0.6) is 0 Å². The average Bonchev–Trinajstić information content (AvgIpc) is 2.64. The lowest BCUT2D eigenvalue weighted by Gasteiger charge is -2.30. The van der Waals surface area contributed by atoms with Gasteiger partial charge in [0.2, 0.25) is 0 Å². The first kappa shape index (κ1) is 15.0. The minimum Gasteiger partial charge on any atom is -0.292 e. The molecule has 19 heavy (non-hydrogen) atoms. The Morgan fingerprint density at radius 3 is 2.53 bits per heavy atom. The molecule has 0 unspecified atom stereocenters. The number of Topliss-reactive ketones (excluding diaryl/α,β-unsaturated/α-hetero) is 1. The number of carbonyl (C=O) groups excluding carboxylic acids is 1. The van der Waals surface area contributed by atoms with E-state index >= 15 is 0 Å². The second-order valence-electron chi connectivity index (χ2n) is 5.61. The standard InChI is InChI=1S/C13H14BrF3OS/c1-12(2)4-3-7-8(5-12)11(13(15,16)17)19-10(7)9(18)6-14/h3-6H2,1-2H3. The molecule has 1 aliphatic carbocycles. The van der Waals surface area contributed by atoms with Gasteiger partial charge in [0.25, 0.3) is 0 Å². The van der Waals surface area contributed by atoms with E-state index in [1.807, 2.05) is 13.8 Å². The minimum atomic E-state index is -4.37. The SMILES string of the molecule is CC1(C)CCc2c(C(=O)CBr)sc(C(F)(F)F)c2C1. The number of hydrogen-bond donors (Lipinski definition) is 0. The fraction of sp³-hybridized carbons (Fsp3) is 0.615. The van der Waals surface area contributed by atoms with E-state index < -0.39 is 11.1 Å². The van der Waals surface area contributed by atoms with Crippen molar-refractivity contribution in [3.05, 3.63) is 20.9 Å². The summed E-state index contributed by atoms with van der Waals surface area (Å²) in [6, 6.07) is 0. The normalized spacial score (nSPS) is 18.2. The number of carbonyl (C=O) groups is 1. The van der Waals surface area contributed by atoms with Crippen LogP contribution in [0.25, 0.3) is 0 Å². The smallest absolute Gasteiger partial charge is 0.292 e. The Morgan fingerprint density at radius 2 is 2.00 bits per heavy atom. The van der Waals surface area contributed by atoms with E-state index in [9.17, 15) is 18.0 Å². The summed E-state index contributed by atoms with van der Waals surface area (Å²) < 4.78 is 39.3. The Morgan fingerprint density at radius 1 is 1.37 bits per heavy atom. The third-order valence-corrected chi connectivity index (χ3v) is 5.33. The molecule has 0 saturated carbocycles. The van der Waals surface area contributed by atoms with Crippen LogP contribution in [0.4, 0.5) is 13.2 Å². The summed E-state index contributed by atoms with van der Waals surface area (Å²) in [6.45, 7) is 3.94. The molecular formula is C13H14BrF3OS. The van der Waals surface area contributed by atoms with Crippen molar-refractivity contribution in [2.75, 3.05) is 5.33 Å². The number of thiophene rings is 1. The number of fused-ring (bicyclic) bond motifs is 1. The van der Waals surface area contributed by atoms with Crippen LogP contribution >= 0.6 is 27.3 Å². The molecule has 0 amide bonds. The summed E-state index contributed by atoms with van der Waals surface area (Å²) in [7, 11) is 0. The van der Waals surface area contributed by atoms with Gasteiger partial charge < -0.3 is 0 Å². The number of rotatable bonds is 2. The molecule has 0 fully saturated rings. The summed E-state index contributed by atoms with van der Waals surface area (Å²) in [5.41, 5.74) is 0.835. The zero-order chi connectivity index (χ0) is 14.4. The van der Waals surface area contributed by atoms with Crippen molar-refractivity contribution in [1.82, 2.24) is 0 Å². The van der Waals surface area contributed by atoms with Crippen LogP contribution < -0.4 is 0 Å². The lowest BCUT2D eigenvalue weighted by Crippen LogP contribution is -2.24. The van der Waals surface area contributed by atoms with Gasteiger partial charge in [-0.15, -0.1) is 11.3 Å². The number of hydrogen-bond acceptors (Lipinski definition) is 2. The third-order valence-electron chi connectivity index (χ3n) is 3.46. The maximum atomic E-state index is 13.1. The van der Waals surface area contributed by atoms with Crippen molar-refractivity contribution in [2.45, 2.75) is 39.3 Å². The third kappa shape index (κ3) is 2.89. The molecule has 1 nitrogen and oxygen atoms in total. The largest absolute Gasteiger partial charge is 0.425 e. The second kappa shape index (κ2) is 4.88. The van der Waals surface area contributed by atoms with Crippen molar-refractivity contribution in [3.8, 4) is 0 Å². The molecule has 0 radical (unpaired) electrons. The molecule has 1 aromatic rings. The predicted octanol–water partition coefficient (Wildman–Crippen LogP) is 4.86. The van der Waals surface area contributed by atoms with Crippen molar-refractivity contribution < 1.29 is 18.0 Å². The van der Waals surface area contributed by atoms with E-state index in [0.717, 1.165) is 6.42 Å². The van der Waals surface area contributed by atoms with Crippen molar-refractivity contribution >= 4 is 33.0 Å². The first-order chi connectivity index (χ1) is 8.65. The zero-order valence-corrected chi connectivity index (χ0v) is 13.1. The van der Waals surface area contributed by atoms with Crippen LogP contribution in [0.3, 0.4) is 0 Å². The van der Waals surface area contributed by atoms with E-state index in [1.165, 1.54) is 0 Å². The predicted molar refractivity (Wildman–Crippen MR) is 73.3 cm³/mol. The molecule has 1 heterocycles. The van der Waals surface area contributed by atoms with Gasteiger partial charge in [0.1, 0.15) is 4.88 Å². The molecule has 2 rings (SSSR count). The molecular weight excluding hydrogens is 341 g/mol. The van der Waals surface area contributed by atoms with E-state index in [0.29, 0.717) is 35.3 Å². The van der Waals surface area contributed by atoms with E-state index in [-0.39, 0.29) is 21.4 Å². The number of halogens is 4. The van der Waals surface area contributed by atoms with Gasteiger partial charge in [0.15, 0.2) is 5.78 Å². The molecule has 0 N–H and O–H groups in total. The van der Waals surface area contributed by atoms with Crippen LogP contribution in [-0.2, 0) is 19.0 Å². The molecule has 0 bridgehead atoms. The van der Waals surface area contributed by atoms with Gasteiger partial charge in [-0.25, -0.2) is 0 Å².